The van der Waals surface area contributed by atoms with Crippen LogP contribution in [0.1, 0.15) is 67.7 Å². The fourth-order valence-electron chi connectivity index (χ4n) is 6.32. The molecule has 1 saturated heterocycles. The summed E-state index contributed by atoms with van der Waals surface area (Å²) < 4.78 is 65.3. The Morgan fingerprint density at radius 1 is 1.11 bits per heavy atom. The molecule has 1 unspecified atom stereocenters. The molecule has 2 aliphatic heterocycles. The van der Waals surface area contributed by atoms with Crippen LogP contribution in [0.2, 0.25) is 0 Å². The van der Waals surface area contributed by atoms with Gasteiger partial charge in [-0.1, -0.05) is 12.1 Å². The predicted octanol–water partition coefficient (Wildman–Crippen LogP) is 4.55. The van der Waals surface area contributed by atoms with E-state index in [4.69, 9.17) is 9.47 Å². The molecule has 0 radical (unpaired) electrons. The normalized spacial score (nSPS) is 33.2. The van der Waals surface area contributed by atoms with Gasteiger partial charge in [0.1, 0.15) is 24.8 Å². The van der Waals surface area contributed by atoms with Crippen molar-refractivity contribution in [2.75, 3.05) is 6.61 Å². The van der Waals surface area contributed by atoms with Crippen LogP contribution in [0.4, 0.5) is 17.6 Å². The quantitative estimate of drug-likeness (QED) is 0.383. The van der Waals surface area contributed by atoms with Gasteiger partial charge in [0.2, 0.25) is 0 Å². The zero-order chi connectivity index (χ0) is 27.5. The zero-order valence-corrected chi connectivity index (χ0v) is 21.1. The Kier molecular flexibility index (Phi) is 6.72. The number of hydrogen-bond acceptors (Lipinski definition) is 6. The van der Waals surface area contributed by atoms with Crippen molar-refractivity contribution in [1.29, 1.82) is 0 Å². The number of benzene rings is 2. The minimum atomic E-state index is -4.46. The summed E-state index contributed by atoms with van der Waals surface area (Å²) in [5.41, 5.74) is -1.80. The number of piperidine rings is 1. The van der Waals surface area contributed by atoms with E-state index in [2.05, 4.69) is 5.32 Å². The summed E-state index contributed by atoms with van der Waals surface area (Å²) in [6.07, 6.45) is -3.19. The molecular weight excluding hydrogens is 506 g/mol. The second-order valence-electron chi connectivity index (χ2n) is 11.3. The van der Waals surface area contributed by atoms with Crippen LogP contribution in [-0.2, 0) is 27.9 Å². The lowest BCUT2D eigenvalue weighted by molar-refractivity contribution is -0.155. The molecule has 3 N–H and O–H groups in total. The zero-order valence-electron chi connectivity index (χ0n) is 21.1. The third-order valence-corrected chi connectivity index (χ3v) is 7.95. The topological polar surface area (TPSA) is 88.0 Å². The third kappa shape index (κ3) is 5.26. The van der Waals surface area contributed by atoms with Gasteiger partial charge >= 0.3 is 12.1 Å². The van der Waals surface area contributed by atoms with Crippen LogP contribution in [0.15, 0.2) is 36.4 Å². The summed E-state index contributed by atoms with van der Waals surface area (Å²) in [5, 5.41) is 24.8. The molecule has 1 saturated carbocycles. The summed E-state index contributed by atoms with van der Waals surface area (Å²) >= 11 is 0. The van der Waals surface area contributed by atoms with Gasteiger partial charge in [-0.25, -0.2) is 4.39 Å². The molecule has 4 atom stereocenters. The first kappa shape index (κ1) is 26.9. The van der Waals surface area contributed by atoms with Gasteiger partial charge in [0.25, 0.3) is 0 Å². The molecule has 0 bridgehead atoms. The molecule has 10 heteroatoms. The number of carbonyl (C=O) groups is 1. The lowest BCUT2D eigenvalue weighted by Gasteiger charge is -2.45. The molecule has 0 amide bonds. The number of carbonyl (C=O) groups excluding carboxylic acids is 1. The molecule has 5 rings (SSSR count). The van der Waals surface area contributed by atoms with Crippen LogP contribution < -0.4 is 10.1 Å². The molecule has 1 aliphatic carbocycles. The van der Waals surface area contributed by atoms with Crippen molar-refractivity contribution in [3.05, 3.63) is 64.5 Å². The van der Waals surface area contributed by atoms with Crippen molar-refractivity contribution < 1.29 is 42.0 Å². The molecule has 2 heterocycles. The van der Waals surface area contributed by atoms with Gasteiger partial charge in [0.05, 0.1) is 22.7 Å². The maximum Gasteiger partial charge on any atom is 0.416 e. The monoisotopic (exact) mass is 537 g/mol. The van der Waals surface area contributed by atoms with Crippen LogP contribution in [0.5, 0.6) is 5.75 Å². The largest absolute Gasteiger partial charge is 0.492 e. The minimum Gasteiger partial charge on any atom is -0.492 e. The molecule has 38 heavy (non-hydrogen) atoms. The van der Waals surface area contributed by atoms with Gasteiger partial charge in [-0.3, -0.25) is 4.79 Å². The molecule has 0 aromatic heterocycles. The van der Waals surface area contributed by atoms with E-state index in [-0.39, 0.29) is 48.9 Å². The first-order valence-corrected chi connectivity index (χ1v) is 12.7. The summed E-state index contributed by atoms with van der Waals surface area (Å²) in [4.78, 5) is 12.5. The van der Waals surface area contributed by atoms with Crippen molar-refractivity contribution in [2.24, 2.45) is 5.92 Å². The third-order valence-electron chi connectivity index (χ3n) is 7.95. The molecule has 0 spiro atoms. The van der Waals surface area contributed by atoms with Crippen molar-refractivity contribution >= 4 is 5.97 Å². The van der Waals surface area contributed by atoms with Crippen molar-refractivity contribution in [3.8, 4) is 5.75 Å². The van der Waals surface area contributed by atoms with Crippen LogP contribution in [-0.4, -0.2) is 40.5 Å². The Hall–Kier alpha value is -2.69. The summed E-state index contributed by atoms with van der Waals surface area (Å²) in [6, 6.07) is 6.91. The maximum absolute atomic E-state index is 15.3. The highest BCUT2D eigenvalue weighted by Gasteiger charge is 2.49. The molecular formula is C28H31F4NO5. The Balaban J connectivity index is 1.29. The van der Waals surface area contributed by atoms with Crippen molar-refractivity contribution in [3.63, 3.8) is 0 Å². The second-order valence-corrected chi connectivity index (χ2v) is 11.3. The fourth-order valence-corrected chi connectivity index (χ4v) is 6.32. The molecule has 3 aliphatic rings. The Labute approximate surface area is 217 Å². The van der Waals surface area contributed by atoms with Crippen molar-refractivity contribution in [2.45, 2.75) is 81.5 Å². The standard InChI is InChI=1S/C28H31F4NO5/c1-15-9-27(36,18-3-5-19(6-4-18)28(30,31)32)12-20(33-15)14-37-21-7-16-13-38-25(34)24(23(16)22(29)8-21)17-10-26(2,35)11-17/h3-8,15,17,20,24,33,35-36H,9-14H2,1-2H3/t15-,17?,20-,24?,26?,27-/m0/s1. The highest BCUT2D eigenvalue weighted by atomic mass is 19.4. The number of nitrogens with one attached hydrogen (secondary N) is 1. The number of esters is 1. The van der Waals surface area contributed by atoms with E-state index >= 15 is 4.39 Å². The van der Waals surface area contributed by atoms with Gasteiger partial charge in [0, 0.05) is 29.3 Å². The molecule has 2 aromatic rings. The second kappa shape index (κ2) is 9.50. The summed E-state index contributed by atoms with van der Waals surface area (Å²) in [7, 11) is 0. The fraction of sp³-hybridized carbons (Fsp3) is 0.536. The Morgan fingerprint density at radius 3 is 2.42 bits per heavy atom. The smallest absolute Gasteiger partial charge is 0.416 e. The van der Waals surface area contributed by atoms with E-state index < -0.39 is 40.6 Å². The van der Waals surface area contributed by atoms with Crippen LogP contribution in [0.25, 0.3) is 0 Å². The number of aliphatic hydroxyl groups is 2. The number of ether oxygens (including phenoxy) is 2. The SMILES string of the molecule is C[C@H]1C[C@@](O)(c2ccc(C(F)(F)F)cc2)C[C@@H](COc2cc(F)c3c(c2)COC(=O)C3C2CC(C)(O)C2)N1. The average Bonchev–Trinajstić information content (AvgIpc) is 2.80. The van der Waals surface area contributed by atoms with Gasteiger partial charge < -0.3 is 25.0 Å². The number of cyclic esters (lactones) is 1. The summed E-state index contributed by atoms with van der Waals surface area (Å²) in [5.74, 6) is -1.79. The first-order chi connectivity index (χ1) is 17.7. The lowest BCUT2D eigenvalue weighted by atomic mass is 9.64. The molecule has 6 nitrogen and oxygen atoms in total. The Bertz CT molecular complexity index is 1210. The van der Waals surface area contributed by atoms with Gasteiger partial charge in [-0.2, -0.15) is 13.2 Å². The van der Waals surface area contributed by atoms with Crippen LogP contribution in [0.3, 0.4) is 0 Å². The molecule has 2 aromatic carbocycles. The first-order valence-electron chi connectivity index (χ1n) is 12.7. The number of fused-ring (bicyclic) bond motifs is 1. The molecule has 2 fully saturated rings. The minimum absolute atomic E-state index is 0.0751. The van der Waals surface area contributed by atoms with E-state index in [9.17, 15) is 28.2 Å². The number of rotatable bonds is 5. The highest BCUT2D eigenvalue weighted by molar-refractivity contribution is 5.81. The van der Waals surface area contributed by atoms with Crippen LogP contribution >= 0.6 is 0 Å². The highest BCUT2D eigenvalue weighted by Crippen LogP contribution is 2.49. The summed E-state index contributed by atoms with van der Waals surface area (Å²) in [6.45, 7) is 3.56. The van der Waals surface area contributed by atoms with E-state index in [0.717, 1.165) is 12.1 Å². The van der Waals surface area contributed by atoms with Crippen molar-refractivity contribution in [1.82, 2.24) is 5.32 Å². The van der Waals surface area contributed by atoms with E-state index in [1.54, 1.807) is 13.0 Å². The molecule has 206 valence electrons. The van der Waals surface area contributed by atoms with E-state index in [0.29, 0.717) is 30.4 Å². The van der Waals surface area contributed by atoms with E-state index in [1.165, 1.54) is 18.2 Å². The maximum atomic E-state index is 15.3. The van der Waals surface area contributed by atoms with Crippen LogP contribution in [0, 0.1) is 11.7 Å². The lowest BCUT2D eigenvalue weighted by Crippen LogP contribution is -2.53. The predicted molar refractivity (Wildman–Crippen MR) is 129 cm³/mol. The number of alkyl halides is 3. The average molecular weight is 538 g/mol. The van der Waals surface area contributed by atoms with Gasteiger partial charge in [-0.05, 0) is 69.2 Å². The number of halogens is 4. The van der Waals surface area contributed by atoms with Gasteiger partial charge in [0.15, 0.2) is 0 Å². The van der Waals surface area contributed by atoms with Gasteiger partial charge in [-0.15, -0.1) is 0 Å². The number of hydrogen-bond donors (Lipinski definition) is 3. The Morgan fingerprint density at radius 2 is 1.79 bits per heavy atom. The van der Waals surface area contributed by atoms with E-state index in [1.807, 2.05) is 6.92 Å².